The second kappa shape index (κ2) is 8.27. The summed E-state index contributed by atoms with van der Waals surface area (Å²) in [6, 6.07) is 15.9. The highest BCUT2D eigenvalue weighted by Crippen LogP contribution is 2.25. The maximum Gasteiger partial charge on any atom is 0.159 e. The first kappa shape index (κ1) is 18.3. The van der Waals surface area contributed by atoms with E-state index >= 15 is 0 Å². The zero-order valence-electron chi connectivity index (χ0n) is 15.5. The Bertz CT molecular complexity index is 820. The van der Waals surface area contributed by atoms with Gasteiger partial charge >= 0.3 is 0 Å². The molecule has 2 aromatic rings. The molecule has 0 aromatic heterocycles. The number of carbonyl (C=O) groups excluding carboxylic acids is 1. The molecule has 1 saturated heterocycles. The van der Waals surface area contributed by atoms with E-state index < -0.39 is 0 Å². The number of hydrogen-bond donors (Lipinski definition) is 0. The van der Waals surface area contributed by atoms with Crippen LogP contribution in [0.2, 0.25) is 0 Å². The van der Waals surface area contributed by atoms with Crippen molar-refractivity contribution >= 4 is 5.78 Å². The number of Topliss-reactive ketones (excluding diaryl/α,β-unsaturated/α-hetero) is 1. The summed E-state index contributed by atoms with van der Waals surface area (Å²) in [5.74, 6) is 0.0514. The number of likely N-dealkylation sites (N-methyl/N-ethyl adjacent to an activating group) is 1. The van der Waals surface area contributed by atoms with E-state index in [-0.39, 0.29) is 5.78 Å². The molecule has 0 atom stereocenters. The number of carbonyl (C=O) groups is 1. The number of nitriles is 1. The molecule has 0 spiro atoms. The van der Waals surface area contributed by atoms with Crippen LogP contribution in [0.5, 0.6) is 0 Å². The van der Waals surface area contributed by atoms with Crippen LogP contribution >= 0.6 is 0 Å². The Labute approximate surface area is 155 Å². The van der Waals surface area contributed by atoms with Crippen molar-refractivity contribution in [3.63, 3.8) is 0 Å². The van der Waals surface area contributed by atoms with Gasteiger partial charge in [0.1, 0.15) is 0 Å². The van der Waals surface area contributed by atoms with Gasteiger partial charge in [-0.15, -0.1) is 0 Å². The lowest BCUT2D eigenvalue weighted by atomic mass is 9.96. The summed E-state index contributed by atoms with van der Waals surface area (Å²) in [4.78, 5) is 16.3. The van der Waals surface area contributed by atoms with Gasteiger partial charge in [-0.3, -0.25) is 9.69 Å². The molecule has 1 aliphatic heterocycles. The Morgan fingerprint density at radius 1 is 1.08 bits per heavy atom. The minimum absolute atomic E-state index is 0.0514. The van der Waals surface area contributed by atoms with Crippen LogP contribution in [-0.2, 0) is 6.54 Å². The number of ketones is 1. The van der Waals surface area contributed by atoms with Crippen LogP contribution in [0.4, 0.5) is 0 Å². The van der Waals surface area contributed by atoms with Crippen LogP contribution in [0, 0.1) is 11.3 Å². The SMILES string of the molecule is CC(=O)c1ccc(-c2ccc(CN3CCCN(C)CC3)cc2C#N)cc1. The molecule has 0 amide bonds. The van der Waals surface area contributed by atoms with E-state index in [9.17, 15) is 10.1 Å². The topological polar surface area (TPSA) is 47.3 Å². The third-order valence-electron chi connectivity index (χ3n) is 5.03. The molecule has 4 heteroatoms. The molecule has 1 aliphatic rings. The van der Waals surface area contributed by atoms with Gasteiger partial charge in [0.15, 0.2) is 5.78 Å². The average Bonchev–Trinajstić information content (AvgIpc) is 2.86. The normalized spacial score (nSPS) is 16.0. The van der Waals surface area contributed by atoms with Gasteiger partial charge in [-0.25, -0.2) is 0 Å². The molecule has 1 heterocycles. The molecule has 0 aliphatic carbocycles. The van der Waals surface area contributed by atoms with Crippen molar-refractivity contribution in [3.05, 3.63) is 59.2 Å². The van der Waals surface area contributed by atoms with Gasteiger partial charge in [-0.1, -0.05) is 36.4 Å². The molecule has 0 N–H and O–H groups in total. The minimum Gasteiger partial charge on any atom is -0.305 e. The Morgan fingerprint density at radius 2 is 1.85 bits per heavy atom. The van der Waals surface area contributed by atoms with Crippen LogP contribution < -0.4 is 0 Å². The quantitative estimate of drug-likeness (QED) is 0.794. The van der Waals surface area contributed by atoms with E-state index in [1.54, 1.807) is 6.92 Å². The molecule has 0 radical (unpaired) electrons. The highest BCUT2D eigenvalue weighted by Gasteiger charge is 2.14. The van der Waals surface area contributed by atoms with Crippen molar-refractivity contribution in [2.75, 3.05) is 33.2 Å². The van der Waals surface area contributed by atoms with Crippen LogP contribution in [0.3, 0.4) is 0 Å². The van der Waals surface area contributed by atoms with Crippen molar-refractivity contribution in [2.45, 2.75) is 19.9 Å². The first-order valence-corrected chi connectivity index (χ1v) is 9.12. The maximum atomic E-state index is 11.4. The Kier molecular flexibility index (Phi) is 5.82. The summed E-state index contributed by atoms with van der Waals surface area (Å²) >= 11 is 0. The largest absolute Gasteiger partial charge is 0.305 e. The van der Waals surface area contributed by atoms with E-state index in [0.29, 0.717) is 11.1 Å². The van der Waals surface area contributed by atoms with Crippen molar-refractivity contribution in [1.82, 2.24) is 9.80 Å². The molecule has 0 bridgehead atoms. The van der Waals surface area contributed by atoms with Crippen LogP contribution in [0.25, 0.3) is 11.1 Å². The van der Waals surface area contributed by atoms with Gasteiger partial charge < -0.3 is 4.90 Å². The fourth-order valence-electron chi connectivity index (χ4n) is 3.43. The summed E-state index contributed by atoms with van der Waals surface area (Å²) in [6.45, 7) is 6.84. The lowest BCUT2D eigenvalue weighted by Crippen LogP contribution is -2.28. The number of hydrogen-bond acceptors (Lipinski definition) is 4. The van der Waals surface area contributed by atoms with E-state index in [2.05, 4.69) is 29.0 Å². The van der Waals surface area contributed by atoms with Gasteiger partial charge in [0.25, 0.3) is 0 Å². The Morgan fingerprint density at radius 3 is 2.54 bits per heavy atom. The summed E-state index contributed by atoms with van der Waals surface area (Å²) in [6.07, 6.45) is 1.18. The van der Waals surface area contributed by atoms with Crippen molar-refractivity contribution in [3.8, 4) is 17.2 Å². The second-order valence-electron chi connectivity index (χ2n) is 7.06. The first-order chi connectivity index (χ1) is 12.6. The zero-order valence-corrected chi connectivity index (χ0v) is 15.5. The standard InChI is InChI=1S/C22H25N3O/c1-17(26)19-5-7-20(8-6-19)22-9-4-18(14-21(22)15-23)16-25-11-3-10-24(2)12-13-25/h4-9,14H,3,10-13,16H2,1-2H3. The van der Waals surface area contributed by atoms with Gasteiger partial charge in [0.2, 0.25) is 0 Å². The zero-order chi connectivity index (χ0) is 18.5. The lowest BCUT2D eigenvalue weighted by molar-refractivity contribution is 0.101. The molecule has 0 unspecified atom stereocenters. The predicted octanol–water partition coefficient (Wildman–Crippen LogP) is 3.57. The van der Waals surface area contributed by atoms with E-state index in [1.165, 1.54) is 12.0 Å². The predicted molar refractivity (Wildman–Crippen MR) is 104 cm³/mol. The molecule has 0 saturated carbocycles. The number of rotatable bonds is 4. The highest BCUT2D eigenvalue weighted by atomic mass is 16.1. The molecular formula is C22H25N3O. The Balaban J connectivity index is 1.79. The monoisotopic (exact) mass is 347 g/mol. The van der Waals surface area contributed by atoms with Crippen molar-refractivity contribution < 1.29 is 4.79 Å². The molecule has 2 aromatic carbocycles. The van der Waals surface area contributed by atoms with Gasteiger partial charge in [0, 0.05) is 25.2 Å². The summed E-state index contributed by atoms with van der Waals surface area (Å²) < 4.78 is 0. The van der Waals surface area contributed by atoms with Crippen LogP contribution in [-0.4, -0.2) is 48.8 Å². The fraction of sp³-hybridized carbons (Fsp3) is 0.364. The van der Waals surface area contributed by atoms with Crippen LogP contribution in [0.1, 0.15) is 34.8 Å². The summed E-state index contributed by atoms with van der Waals surface area (Å²) in [5.41, 5.74) is 4.44. The average molecular weight is 347 g/mol. The van der Waals surface area contributed by atoms with E-state index in [1.807, 2.05) is 36.4 Å². The molecule has 1 fully saturated rings. The number of nitrogens with zero attached hydrogens (tertiary/aromatic N) is 3. The van der Waals surface area contributed by atoms with Gasteiger partial charge in [0.05, 0.1) is 11.6 Å². The Hall–Kier alpha value is -2.48. The molecule has 134 valence electrons. The molecule has 26 heavy (non-hydrogen) atoms. The smallest absolute Gasteiger partial charge is 0.159 e. The van der Waals surface area contributed by atoms with Crippen LogP contribution in [0.15, 0.2) is 42.5 Å². The first-order valence-electron chi connectivity index (χ1n) is 9.12. The third-order valence-corrected chi connectivity index (χ3v) is 5.03. The highest BCUT2D eigenvalue weighted by molar-refractivity contribution is 5.94. The second-order valence-corrected chi connectivity index (χ2v) is 7.06. The summed E-state index contributed by atoms with van der Waals surface area (Å²) in [7, 11) is 2.17. The molecular weight excluding hydrogens is 322 g/mol. The molecule has 4 nitrogen and oxygen atoms in total. The minimum atomic E-state index is 0.0514. The fourth-order valence-corrected chi connectivity index (χ4v) is 3.43. The third kappa shape index (κ3) is 4.37. The summed E-state index contributed by atoms with van der Waals surface area (Å²) in [5, 5.41) is 9.61. The van der Waals surface area contributed by atoms with Crippen molar-refractivity contribution in [1.29, 1.82) is 5.26 Å². The van der Waals surface area contributed by atoms with Crippen molar-refractivity contribution in [2.24, 2.45) is 0 Å². The lowest BCUT2D eigenvalue weighted by Gasteiger charge is -2.20. The number of benzene rings is 2. The van der Waals surface area contributed by atoms with Gasteiger partial charge in [-0.2, -0.15) is 5.26 Å². The van der Waals surface area contributed by atoms with Gasteiger partial charge in [-0.05, 0) is 56.2 Å². The maximum absolute atomic E-state index is 11.4. The molecule has 3 rings (SSSR count). The van der Waals surface area contributed by atoms with E-state index in [4.69, 9.17) is 0 Å². The van der Waals surface area contributed by atoms with E-state index in [0.717, 1.165) is 43.9 Å².